The molecule has 2 aromatic rings. The molecular formula is C17H22Cl2N4O2. The number of anilines is 3. The van der Waals surface area contributed by atoms with Gasteiger partial charge in [-0.2, -0.15) is 0 Å². The second kappa shape index (κ2) is 10.1. The Morgan fingerprint density at radius 2 is 1.84 bits per heavy atom. The van der Waals surface area contributed by atoms with Crippen LogP contribution >= 0.6 is 24.8 Å². The first-order valence-electron chi connectivity index (χ1n) is 7.64. The third kappa shape index (κ3) is 5.77. The Bertz CT molecular complexity index is 677. The van der Waals surface area contributed by atoms with Gasteiger partial charge >= 0.3 is 0 Å². The Labute approximate surface area is 159 Å². The molecule has 1 aliphatic heterocycles. The number of hydrogen-bond acceptors (Lipinski definition) is 5. The van der Waals surface area contributed by atoms with Crippen molar-refractivity contribution < 1.29 is 9.53 Å². The molecule has 136 valence electrons. The lowest BCUT2D eigenvalue weighted by atomic mass is 10.1. The third-order valence-electron chi connectivity index (χ3n) is 3.72. The first kappa shape index (κ1) is 21.0. The SMILES string of the molecule is Cl.Cl.Nc1ccc(CC(=O)Nc2cccnc2N2CCOCC2)cc1. The van der Waals surface area contributed by atoms with Gasteiger partial charge in [-0.05, 0) is 29.8 Å². The lowest BCUT2D eigenvalue weighted by Crippen LogP contribution is -2.37. The van der Waals surface area contributed by atoms with Crippen LogP contribution in [-0.2, 0) is 16.0 Å². The minimum Gasteiger partial charge on any atom is -0.399 e. The average molecular weight is 385 g/mol. The Balaban J connectivity index is 0.00000156. The molecule has 1 amide bonds. The fourth-order valence-electron chi connectivity index (χ4n) is 2.54. The van der Waals surface area contributed by atoms with E-state index in [1.54, 1.807) is 18.3 Å². The van der Waals surface area contributed by atoms with Crippen molar-refractivity contribution in [3.05, 3.63) is 48.2 Å². The van der Waals surface area contributed by atoms with E-state index in [0.29, 0.717) is 25.3 Å². The van der Waals surface area contributed by atoms with Crippen molar-refractivity contribution in [2.24, 2.45) is 0 Å². The van der Waals surface area contributed by atoms with Gasteiger partial charge in [-0.1, -0.05) is 12.1 Å². The van der Waals surface area contributed by atoms with Crippen LogP contribution in [0.1, 0.15) is 5.56 Å². The number of aromatic nitrogens is 1. The van der Waals surface area contributed by atoms with E-state index in [0.717, 1.165) is 30.2 Å². The first-order valence-corrected chi connectivity index (χ1v) is 7.64. The minimum absolute atomic E-state index is 0. The third-order valence-corrected chi connectivity index (χ3v) is 3.72. The van der Waals surface area contributed by atoms with Crippen LogP contribution in [0.3, 0.4) is 0 Å². The molecule has 0 bridgehead atoms. The lowest BCUT2D eigenvalue weighted by Gasteiger charge is -2.29. The zero-order valence-corrected chi connectivity index (χ0v) is 15.3. The number of morpholine rings is 1. The van der Waals surface area contributed by atoms with E-state index in [-0.39, 0.29) is 30.7 Å². The van der Waals surface area contributed by atoms with Crippen LogP contribution in [0.2, 0.25) is 0 Å². The molecule has 0 spiro atoms. The summed E-state index contributed by atoms with van der Waals surface area (Å²) in [5.41, 5.74) is 8.01. The summed E-state index contributed by atoms with van der Waals surface area (Å²) in [5, 5.41) is 2.96. The maximum absolute atomic E-state index is 12.3. The quantitative estimate of drug-likeness (QED) is 0.791. The van der Waals surface area contributed by atoms with Crippen LogP contribution in [0.4, 0.5) is 17.2 Å². The van der Waals surface area contributed by atoms with E-state index in [2.05, 4.69) is 15.2 Å². The summed E-state index contributed by atoms with van der Waals surface area (Å²) < 4.78 is 5.36. The highest BCUT2D eigenvalue weighted by atomic mass is 35.5. The van der Waals surface area contributed by atoms with Crippen LogP contribution in [0, 0.1) is 0 Å². The van der Waals surface area contributed by atoms with E-state index in [9.17, 15) is 4.79 Å². The molecule has 8 heteroatoms. The molecule has 2 heterocycles. The van der Waals surface area contributed by atoms with Gasteiger partial charge < -0.3 is 20.7 Å². The van der Waals surface area contributed by atoms with Crippen molar-refractivity contribution in [3.8, 4) is 0 Å². The number of amides is 1. The van der Waals surface area contributed by atoms with Gasteiger partial charge in [0.1, 0.15) is 0 Å². The zero-order valence-electron chi connectivity index (χ0n) is 13.7. The average Bonchev–Trinajstić information content (AvgIpc) is 2.58. The van der Waals surface area contributed by atoms with Gasteiger partial charge in [-0.25, -0.2) is 4.98 Å². The van der Waals surface area contributed by atoms with Gasteiger partial charge in [0, 0.05) is 25.0 Å². The highest BCUT2D eigenvalue weighted by Gasteiger charge is 2.17. The number of carbonyl (C=O) groups is 1. The molecule has 0 atom stereocenters. The number of benzene rings is 1. The number of nitrogens with one attached hydrogen (secondary N) is 1. The number of hydrogen-bond donors (Lipinski definition) is 2. The second-order valence-corrected chi connectivity index (χ2v) is 5.44. The van der Waals surface area contributed by atoms with Gasteiger partial charge in [-0.15, -0.1) is 24.8 Å². The fourth-order valence-corrected chi connectivity index (χ4v) is 2.54. The Hall–Kier alpha value is -2.02. The van der Waals surface area contributed by atoms with E-state index in [4.69, 9.17) is 10.5 Å². The minimum atomic E-state index is -0.0720. The van der Waals surface area contributed by atoms with Gasteiger partial charge in [0.15, 0.2) is 5.82 Å². The Kier molecular flexibility index (Phi) is 8.48. The molecule has 25 heavy (non-hydrogen) atoms. The summed E-state index contributed by atoms with van der Waals surface area (Å²) in [6, 6.07) is 11.0. The van der Waals surface area contributed by atoms with Crippen molar-refractivity contribution in [2.45, 2.75) is 6.42 Å². The molecule has 1 aromatic heterocycles. The van der Waals surface area contributed by atoms with Crippen LogP contribution in [0.15, 0.2) is 42.6 Å². The maximum atomic E-state index is 12.3. The number of pyridine rings is 1. The van der Waals surface area contributed by atoms with Crippen molar-refractivity contribution in [2.75, 3.05) is 42.3 Å². The number of nitrogens with two attached hydrogens (primary N) is 1. The highest BCUT2D eigenvalue weighted by molar-refractivity contribution is 5.95. The molecule has 1 aromatic carbocycles. The van der Waals surface area contributed by atoms with Crippen molar-refractivity contribution >= 4 is 47.9 Å². The van der Waals surface area contributed by atoms with E-state index < -0.39 is 0 Å². The number of rotatable bonds is 4. The van der Waals surface area contributed by atoms with Crippen LogP contribution in [0.5, 0.6) is 0 Å². The summed E-state index contributed by atoms with van der Waals surface area (Å²) in [6.07, 6.45) is 2.04. The van der Waals surface area contributed by atoms with E-state index in [1.165, 1.54) is 0 Å². The Morgan fingerprint density at radius 3 is 2.52 bits per heavy atom. The van der Waals surface area contributed by atoms with Crippen LogP contribution in [-0.4, -0.2) is 37.2 Å². The maximum Gasteiger partial charge on any atom is 0.228 e. The Morgan fingerprint density at radius 1 is 1.16 bits per heavy atom. The standard InChI is InChI=1S/C17H20N4O2.2ClH/c18-14-5-3-13(4-6-14)12-16(22)20-15-2-1-7-19-17(15)21-8-10-23-11-9-21;;/h1-7H,8-12,18H2,(H,20,22);2*1H. The van der Waals surface area contributed by atoms with Crippen LogP contribution < -0.4 is 16.0 Å². The van der Waals surface area contributed by atoms with E-state index >= 15 is 0 Å². The first-order chi connectivity index (χ1) is 11.2. The van der Waals surface area contributed by atoms with Crippen molar-refractivity contribution in [3.63, 3.8) is 0 Å². The lowest BCUT2D eigenvalue weighted by molar-refractivity contribution is -0.115. The predicted molar refractivity (Wildman–Crippen MR) is 105 cm³/mol. The van der Waals surface area contributed by atoms with E-state index in [1.807, 2.05) is 24.3 Å². The number of nitrogens with zero attached hydrogens (tertiary/aromatic N) is 2. The molecule has 0 saturated carbocycles. The number of halogens is 2. The summed E-state index contributed by atoms with van der Waals surface area (Å²) in [4.78, 5) is 18.8. The monoisotopic (exact) mass is 384 g/mol. The van der Waals surface area contributed by atoms with Gasteiger partial charge in [0.25, 0.3) is 0 Å². The molecule has 3 rings (SSSR count). The molecule has 0 radical (unpaired) electrons. The number of nitrogen functional groups attached to an aromatic ring is 1. The molecule has 1 aliphatic rings. The second-order valence-electron chi connectivity index (χ2n) is 5.44. The molecule has 0 unspecified atom stereocenters. The predicted octanol–water partition coefficient (Wildman–Crippen LogP) is 2.53. The highest BCUT2D eigenvalue weighted by Crippen LogP contribution is 2.23. The number of ether oxygens (including phenoxy) is 1. The molecule has 0 aliphatic carbocycles. The van der Waals surface area contributed by atoms with Crippen molar-refractivity contribution in [1.29, 1.82) is 0 Å². The topological polar surface area (TPSA) is 80.5 Å². The normalized spacial score (nSPS) is 13.4. The molecule has 6 nitrogen and oxygen atoms in total. The molecular weight excluding hydrogens is 363 g/mol. The van der Waals surface area contributed by atoms with Crippen molar-refractivity contribution in [1.82, 2.24) is 4.98 Å². The molecule has 1 saturated heterocycles. The summed E-state index contributed by atoms with van der Waals surface area (Å²) >= 11 is 0. The molecule has 1 fully saturated rings. The van der Waals surface area contributed by atoms with Gasteiger partial charge in [-0.3, -0.25) is 4.79 Å². The smallest absolute Gasteiger partial charge is 0.228 e. The largest absolute Gasteiger partial charge is 0.399 e. The number of carbonyl (C=O) groups excluding carboxylic acids is 1. The summed E-state index contributed by atoms with van der Waals surface area (Å²) in [6.45, 7) is 2.90. The fraction of sp³-hybridized carbons (Fsp3) is 0.294. The molecule has 3 N–H and O–H groups in total. The summed E-state index contributed by atoms with van der Waals surface area (Å²) in [7, 11) is 0. The summed E-state index contributed by atoms with van der Waals surface area (Å²) in [5.74, 6) is 0.721. The zero-order chi connectivity index (χ0) is 16.1. The van der Waals surface area contributed by atoms with Gasteiger partial charge in [0.05, 0.1) is 25.3 Å². The van der Waals surface area contributed by atoms with Gasteiger partial charge in [0.2, 0.25) is 5.91 Å². The van der Waals surface area contributed by atoms with Crippen LogP contribution in [0.25, 0.3) is 0 Å².